The number of hydrogen-bond donors (Lipinski definition) is 0. The Bertz CT molecular complexity index is 489. The largest absolute Gasteiger partial charge is 0.417 e. The number of nitrogens with zero attached hydrogens (tertiary/aromatic N) is 1. The van der Waals surface area contributed by atoms with Crippen LogP contribution in [0.4, 0.5) is 13.2 Å². The van der Waals surface area contributed by atoms with Gasteiger partial charge < -0.3 is 0 Å². The van der Waals surface area contributed by atoms with Crippen LogP contribution in [0.1, 0.15) is 16.7 Å². The summed E-state index contributed by atoms with van der Waals surface area (Å²) < 4.78 is 37.5. The molecule has 1 rings (SSSR count). The lowest BCUT2D eigenvalue weighted by Gasteiger charge is -2.08. The highest BCUT2D eigenvalue weighted by Crippen LogP contribution is 2.32. The molecule has 0 saturated heterocycles. The molecule has 0 radical (unpaired) electrons. The van der Waals surface area contributed by atoms with Crippen LogP contribution < -0.4 is 0 Å². The van der Waals surface area contributed by atoms with Crippen molar-refractivity contribution in [1.29, 1.82) is 5.26 Å². The van der Waals surface area contributed by atoms with E-state index in [9.17, 15) is 13.2 Å². The molecule has 1 aromatic carbocycles. The van der Waals surface area contributed by atoms with E-state index >= 15 is 0 Å². The van der Waals surface area contributed by atoms with Crippen LogP contribution in [-0.4, -0.2) is 5.88 Å². The highest BCUT2D eigenvalue weighted by Gasteiger charge is 2.33. The van der Waals surface area contributed by atoms with E-state index in [0.717, 1.165) is 12.1 Å². The molecule has 0 unspecified atom stereocenters. The summed E-state index contributed by atoms with van der Waals surface area (Å²) in [6.07, 6.45) is -4.55. The minimum Gasteiger partial charge on any atom is -0.192 e. The molecule has 1 aromatic rings. The molecule has 0 aromatic heterocycles. The van der Waals surface area contributed by atoms with Gasteiger partial charge in [0, 0.05) is 5.56 Å². The molecular weight excluding hydrogens is 239 g/mol. The van der Waals surface area contributed by atoms with Gasteiger partial charge >= 0.3 is 6.18 Å². The van der Waals surface area contributed by atoms with Gasteiger partial charge in [0.2, 0.25) is 0 Å². The van der Waals surface area contributed by atoms with E-state index in [2.05, 4.69) is 11.8 Å². The van der Waals surface area contributed by atoms with Crippen LogP contribution in [0.3, 0.4) is 0 Å². The zero-order chi connectivity index (χ0) is 12.2. The normalized spacial score (nSPS) is 10.2. The summed E-state index contributed by atoms with van der Waals surface area (Å²) in [6, 6.07) is 4.79. The summed E-state index contributed by atoms with van der Waals surface area (Å²) in [5.74, 6) is 4.96. The quantitative estimate of drug-likeness (QED) is 0.507. The number of halogens is 4. The van der Waals surface area contributed by atoms with Gasteiger partial charge in [-0.1, -0.05) is 11.8 Å². The van der Waals surface area contributed by atoms with Crippen LogP contribution in [0, 0.1) is 23.2 Å². The number of benzene rings is 1. The molecule has 0 N–H and O–H groups in total. The Morgan fingerprint density at radius 2 is 2.00 bits per heavy atom. The van der Waals surface area contributed by atoms with E-state index in [1.54, 1.807) is 0 Å². The van der Waals surface area contributed by atoms with Crippen molar-refractivity contribution in [2.45, 2.75) is 6.18 Å². The molecule has 0 aliphatic heterocycles. The van der Waals surface area contributed by atoms with Gasteiger partial charge in [0.05, 0.1) is 23.1 Å². The fourth-order valence-electron chi connectivity index (χ4n) is 1.09. The molecule has 0 aliphatic rings. The molecule has 0 heterocycles. The van der Waals surface area contributed by atoms with Crippen LogP contribution >= 0.6 is 11.6 Å². The SMILES string of the molecule is N#Cc1ccc(C#CCCl)cc1C(F)(F)F. The Morgan fingerprint density at radius 3 is 2.50 bits per heavy atom. The third-order valence-corrected chi connectivity index (χ3v) is 1.88. The smallest absolute Gasteiger partial charge is 0.192 e. The number of nitriles is 1. The molecule has 0 amide bonds. The summed E-state index contributed by atoms with van der Waals surface area (Å²) in [5, 5.41) is 8.54. The second-order valence-electron chi connectivity index (χ2n) is 2.81. The van der Waals surface area contributed by atoms with Crippen molar-refractivity contribution in [3.05, 3.63) is 34.9 Å². The Labute approximate surface area is 95.4 Å². The Hall–Kier alpha value is -1.65. The van der Waals surface area contributed by atoms with Gasteiger partial charge in [-0.05, 0) is 18.2 Å². The van der Waals surface area contributed by atoms with Crippen molar-refractivity contribution in [2.24, 2.45) is 0 Å². The average Bonchev–Trinajstić information content (AvgIpc) is 2.24. The Morgan fingerprint density at radius 1 is 1.31 bits per heavy atom. The fraction of sp³-hybridized carbons (Fsp3) is 0.182. The van der Waals surface area contributed by atoms with Crippen molar-refractivity contribution >= 4 is 11.6 Å². The van der Waals surface area contributed by atoms with E-state index in [1.165, 1.54) is 12.1 Å². The summed E-state index contributed by atoms with van der Waals surface area (Å²) >= 11 is 5.29. The van der Waals surface area contributed by atoms with E-state index in [4.69, 9.17) is 16.9 Å². The zero-order valence-electron chi connectivity index (χ0n) is 7.90. The predicted octanol–water partition coefficient (Wildman–Crippen LogP) is 3.17. The average molecular weight is 244 g/mol. The second-order valence-corrected chi connectivity index (χ2v) is 3.07. The third-order valence-electron chi connectivity index (χ3n) is 1.74. The first-order valence-electron chi connectivity index (χ1n) is 4.15. The first-order chi connectivity index (χ1) is 7.49. The van der Waals surface area contributed by atoms with E-state index in [0.29, 0.717) is 0 Å². The maximum atomic E-state index is 12.5. The summed E-state index contributed by atoms with van der Waals surface area (Å²) in [5.41, 5.74) is -1.20. The fourth-order valence-corrected chi connectivity index (χ4v) is 1.16. The van der Waals surface area contributed by atoms with Gasteiger partial charge in [-0.3, -0.25) is 0 Å². The summed E-state index contributed by atoms with van der Waals surface area (Å²) in [4.78, 5) is 0. The minimum absolute atomic E-state index is 0.0430. The molecule has 5 heteroatoms. The Balaban J connectivity index is 3.29. The van der Waals surface area contributed by atoms with Crippen molar-refractivity contribution in [3.8, 4) is 17.9 Å². The van der Waals surface area contributed by atoms with Gasteiger partial charge in [-0.2, -0.15) is 18.4 Å². The number of rotatable bonds is 0. The van der Waals surface area contributed by atoms with Crippen LogP contribution in [-0.2, 0) is 6.18 Å². The minimum atomic E-state index is -4.55. The monoisotopic (exact) mass is 243 g/mol. The third kappa shape index (κ3) is 2.92. The molecule has 0 saturated carbocycles. The van der Waals surface area contributed by atoms with Crippen molar-refractivity contribution < 1.29 is 13.2 Å². The lowest BCUT2D eigenvalue weighted by molar-refractivity contribution is -0.137. The molecule has 0 atom stereocenters. The van der Waals surface area contributed by atoms with Gasteiger partial charge in [-0.25, -0.2) is 0 Å². The molecule has 0 bridgehead atoms. The van der Waals surface area contributed by atoms with Crippen molar-refractivity contribution in [3.63, 3.8) is 0 Å². The zero-order valence-corrected chi connectivity index (χ0v) is 8.65. The van der Waals surface area contributed by atoms with Crippen LogP contribution in [0.5, 0.6) is 0 Å². The van der Waals surface area contributed by atoms with Gasteiger partial charge in [-0.15, -0.1) is 11.6 Å². The summed E-state index contributed by atoms with van der Waals surface area (Å²) in [6.45, 7) is 0. The van der Waals surface area contributed by atoms with Crippen molar-refractivity contribution in [1.82, 2.24) is 0 Å². The number of alkyl halides is 4. The first kappa shape index (κ1) is 12.4. The standard InChI is InChI=1S/C11H5ClF3N/c12-5-1-2-8-3-4-9(7-16)10(6-8)11(13,14)15/h3-4,6H,5H2. The highest BCUT2D eigenvalue weighted by atomic mass is 35.5. The maximum Gasteiger partial charge on any atom is 0.417 e. The number of hydrogen-bond acceptors (Lipinski definition) is 1. The molecular formula is C11H5ClF3N. The lowest BCUT2D eigenvalue weighted by atomic mass is 10.0. The first-order valence-corrected chi connectivity index (χ1v) is 4.68. The molecule has 0 fully saturated rings. The van der Waals surface area contributed by atoms with E-state index < -0.39 is 17.3 Å². The van der Waals surface area contributed by atoms with Crippen molar-refractivity contribution in [2.75, 3.05) is 5.88 Å². The van der Waals surface area contributed by atoms with Crippen LogP contribution in [0.15, 0.2) is 18.2 Å². The molecule has 0 aliphatic carbocycles. The topological polar surface area (TPSA) is 23.8 Å². The Kier molecular flexibility index (Phi) is 3.82. The van der Waals surface area contributed by atoms with Crippen LogP contribution in [0.25, 0.3) is 0 Å². The summed E-state index contributed by atoms with van der Waals surface area (Å²) in [7, 11) is 0. The molecule has 0 spiro atoms. The van der Waals surface area contributed by atoms with Gasteiger partial charge in [0.1, 0.15) is 0 Å². The van der Waals surface area contributed by atoms with Crippen LogP contribution in [0.2, 0.25) is 0 Å². The lowest BCUT2D eigenvalue weighted by Crippen LogP contribution is -2.08. The maximum absolute atomic E-state index is 12.5. The molecule has 16 heavy (non-hydrogen) atoms. The molecule has 1 nitrogen and oxygen atoms in total. The van der Waals surface area contributed by atoms with Gasteiger partial charge in [0.15, 0.2) is 0 Å². The van der Waals surface area contributed by atoms with E-state index in [-0.39, 0.29) is 11.4 Å². The predicted molar refractivity (Wildman–Crippen MR) is 53.8 cm³/mol. The highest BCUT2D eigenvalue weighted by molar-refractivity contribution is 6.19. The molecule has 82 valence electrons. The van der Waals surface area contributed by atoms with Gasteiger partial charge in [0.25, 0.3) is 0 Å². The van der Waals surface area contributed by atoms with E-state index in [1.807, 2.05) is 0 Å². The second kappa shape index (κ2) is 4.92.